The van der Waals surface area contributed by atoms with E-state index in [-0.39, 0.29) is 5.75 Å². The molecule has 7 heteroatoms. The molecule has 1 fully saturated rings. The van der Waals surface area contributed by atoms with Crippen molar-refractivity contribution in [2.45, 2.75) is 38.0 Å². The lowest BCUT2D eigenvalue weighted by atomic mass is 9.95. The van der Waals surface area contributed by atoms with Crippen LogP contribution in [0.2, 0.25) is 0 Å². The van der Waals surface area contributed by atoms with Crippen LogP contribution in [0.1, 0.15) is 37.2 Å². The van der Waals surface area contributed by atoms with Crippen LogP contribution in [0.5, 0.6) is 5.75 Å². The number of hydrogen-bond donors (Lipinski definition) is 0. The number of ether oxygens (including phenoxy) is 1. The summed E-state index contributed by atoms with van der Waals surface area (Å²) in [7, 11) is 0. The Hall–Kier alpha value is -2.41. The van der Waals surface area contributed by atoms with Crippen LogP contribution in [0.25, 0.3) is 21.8 Å². The first kappa shape index (κ1) is 18.0. The van der Waals surface area contributed by atoms with Gasteiger partial charge in [0.25, 0.3) is 0 Å². The number of alkyl halides is 3. The molecule has 0 atom stereocenters. The van der Waals surface area contributed by atoms with Crippen molar-refractivity contribution in [2.75, 3.05) is 0 Å². The van der Waals surface area contributed by atoms with Crippen molar-refractivity contribution in [1.29, 1.82) is 0 Å². The zero-order chi connectivity index (χ0) is 18.9. The summed E-state index contributed by atoms with van der Waals surface area (Å²) in [6, 6.07) is 7.85. The fraction of sp³-hybridized carbons (Fsp3) is 0.300. The Morgan fingerprint density at radius 3 is 2.48 bits per heavy atom. The van der Waals surface area contributed by atoms with Gasteiger partial charge in [0.15, 0.2) is 0 Å². The van der Waals surface area contributed by atoms with Crippen LogP contribution in [0, 0.1) is 0 Å². The van der Waals surface area contributed by atoms with E-state index >= 15 is 0 Å². The molecule has 140 valence electrons. The van der Waals surface area contributed by atoms with E-state index in [4.69, 9.17) is 4.98 Å². The van der Waals surface area contributed by atoms with Crippen LogP contribution < -0.4 is 4.74 Å². The second kappa shape index (κ2) is 7.31. The summed E-state index contributed by atoms with van der Waals surface area (Å²) < 4.78 is 40.8. The number of hydrogen-bond acceptors (Lipinski definition) is 4. The lowest BCUT2D eigenvalue weighted by Gasteiger charge is -2.13. The van der Waals surface area contributed by atoms with Gasteiger partial charge in [-0.15, -0.1) is 24.5 Å². The highest BCUT2D eigenvalue weighted by atomic mass is 32.1. The second-order valence-corrected chi connectivity index (χ2v) is 7.41. The third-order valence-corrected chi connectivity index (χ3v) is 5.64. The van der Waals surface area contributed by atoms with Gasteiger partial charge in [-0.2, -0.15) is 0 Å². The molecule has 1 aliphatic rings. The largest absolute Gasteiger partial charge is 0.573 e. The molecule has 1 saturated carbocycles. The van der Waals surface area contributed by atoms with E-state index in [1.807, 2.05) is 17.8 Å². The van der Waals surface area contributed by atoms with Crippen molar-refractivity contribution in [3.63, 3.8) is 0 Å². The Balaban J connectivity index is 1.59. The molecule has 2 heterocycles. The molecule has 3 nitrogen and oxygen atoms in total. The number of thiazole rings is 1. The van der Waals surface area contributed by atoms with Crippen LogP contribution in [-0.2, 0) is 0 Å². The van der Waals surface area contributed by atoms with Gasteiger partial charge in [0.1, 0.15) is 10.8 Å². The molecular formula is C20H17F3N2OS. The highest BCUT2D eigenvalue weighted by molar-refractivity contribution is 7.13. The Kier molecular flexibility index (Phi) is 4.86. The first-order chi connectivity index (χ1) is 13.0. The molecule has 0 amide bonds. The maximum absolute atomic E-state index is 12.3. The highest BCUT2D eigenvalue weighted by Gasteiger charge is 2.31. The van der Waals surface area contributed by atoms with E-state index in [2.05, 4.69) is 15.8 Å². The molecule has 1 aromatic carbocycles. The van der Waals surface area contributed by atoms with E-state index in [0.29, 0.717) is 5.92 Å². The Morgan fingerprint density at radius 2 is 1.78 bits per heavy atom. The van der Waals surface area contributed by atoms with Crippen LogP contribution in [-0.4, -0.2) is 16.3 Å². The smallest absolute Gasteiger partial charge is 0.406 e. The third kappa shape index (κ3) is 4.13. The van der Waals surface area contributed by atoms with Crippen molar-refractivity contribution in [2.24, 2.45) is 0 Å². The molecule has 2 aromatic heterocycles. The average Bonchev–Trinajstić information content (AvgIpc) is 3.33. The zero-order valence-electron chi connectivity index (χ0n) is 14.4. The van der Waals surface area contributed by atoms with E-state index in [9.17, 15) is 13.2 Å². The van der Waals surface area contributed by atoms with Crippen molar-refractivity contribution < 1.29 is 17.9 Å². The number of aromatic nitrogens is 2. The standard InChI is InChI=1S/C20H17F3N2OS/c21-20(22,23)26-15-7-5-14(6-8-15)18-12-27-19(25-18)17-11-24-10-9-16(17)13-3-1-2-4-13/h5-13H,1-4H2. The van der Waals surface area contributed by atoms with Gasteiger partial charge in [0, 0.05) is 28.9 Å². The van der Waals surface area contributed by atoms with Gasteiger partial charge < -0.3 is 4.74 Å². The van der Waals surface area contributed by atoms with Crippen LogP contribution in [0.15, 0.2) is 48.1 Å². The van der Waals surface area contributed by atoms with Crippen molar-refractivity contribution >= 4 is 11.3 Å². The van der Waals surface area contributed by atoms with Gasteiger partial charge in [0.05, 0.1) is 5.69 Å². The summed E-state index contributed by atoms with van der Waals surface area (Å²) in [6.45, 7) is 0. The number of pyridine rings is 1. The summed E-state index contributed by atoms with van der Waals surface area (Å²) in [6.07, 6.45) is 3.88. The number of benzene rings is 1. The van der Waals surface area contributed by atoms with Gasteiger partial charge in [-0.1, -0.05) is 12.8 Å². The molecule has 1 aliphatic carbocycles. The number of nitrogens with zero attached hydrogens (tertiary/aromatic N) is 2. The normalized spacial score (nSPS) is 15.2. The first-order valence-corrected chi connectivity index (χ1v) is 9.63. The van der Waals surface area contributed by atoms with Gasteiger partial charge >= 0.3 is 6.36 Å². The van der Waals surface area contributed by atoms with E-state index < -0.39 is 6.36 Å². The highest BCUT2D eigenvalue weighted by Crippen LogP contribution is 2.40. The average molecular weight is 390 g/mol. The second-order valence-electron chi connectivity index (χ2n) is 6.55. The predicted molar refractivity (Wildman–Crippen MR) is 98.7 cm³/mol. The molecule has 0 spiro atoms. The topological polar surface area (TPSA) is 35.0 Å². The van der Waals surface area contributed by atoms with Crippen molar-refractivity contribution in [1.82, 2.24) is 9.97 Å². The molecule has 0 aliphatic heterocycles. The van der Waals surface area contributed by atoms with Crippen LogP contribution >= 0.6 is 11.3 Å². The van der Waals surface area contributed by atoms with E-state index in [0.717, 1.165) is 21.8 Å². The molecule has 0 saturated heterocycles. The molecule has 27 heavy (non-hydrogen) atoms. The summed E-state index contributed by atoms with van der Waals surface area (Å²) in [4.78, 5) is 8.97. The first-order valence-electron chi connectivity index (χ1n) is 8.75. The summed E-state index contributed by atoms with van der Waals surface area (Å²) >= 11 is 1.52. The summed E-state index contributed by atoms with van der Waals surface area (Å²) in [5.41, 5.74) is 3.82. The number of halogens is 3. The Labute approximate surface area is 158 Å². The summed E-state index contributed by atoms with van der Waals surface area (Å²) in [5, 5.41) is 2.80. The number of rotatable bonds is 4. The quantitative estimate of drug-likeness (QED) is 0.515. The molecule has 0 bridgehead atoms. The third-order valence-electron chi connectivity index (χ3n) is 4.77. The fourth-order valence-electron chi connectivity index (χ4n) is 3.53. The van der Waals surface area contributed by atoms with Crippen molar-refractivity contribution in [3.05, 3.63) is 53.7 Å². The molecule has 0 unspecified atom stereocenters. The maximum Gasteiger partial charge on any atom is 0.573 e. The predicted octanol–water partition coefficient (Wildman–Crippen LogP) is 6.43. The van der Waals surface area contributed by atoms with E-state index in [1.165, 1.54) is 54.7 Å². The lowest BCUT2D eigenvalue weighted by molar-refractivity contribution is -0.274. The molecule has 0 radical (unpaired) electrons. The lowest BCUT2D eigenvalue weighted by Crippen LogP contribution is -2.16. The minimum absolute atomic E-state index is 0.238. The minimum atomic E-state index is -4.69. The van der Waals surface area contributed by atoms with Crippen LogP contribution in [0.4, 0.5) is 13.2 Å². The van der Waals surface area contributed by atoms with Gasteiger partial charge in [-0.05, 0) is 54.7 Å². The van der Waals surface area contributed by atoms with Gasteiger partial charge in [-0.3, -0.25) is 4.98 Å². The van der Waals surface area contributed by atoms with Gasteiger partial charge in [0.2, 0.25) is 0 Å². The fourth-order valence-corrected chi connectivity index (χ4v) is 4.39. The maximum atomic E-state index is 12.3. The molecule has 4 rings (SSSR count). The molecular weight excluding hydrogens is 373 g/mol. The zero-order valence-corrected chi connectivity index (χ0v) is 15.2. The van der Waals surface area contributed by atoms with Crippen LogP contribution in [0.3, 0.4) is 0 Å². The Morgan fingerprint density at radius 1 is 1.04 bits per heavy atom. The summed E-state index contributed by atoms with van der Waals surface area (Å²) in [5.74, 6) is 0.312. The monoisotopic (exact) mass is 390 g/mol. The molecule has 0 N–H and O–H groups in total. The Bertz CT molecular complexity index is 915. The minimum Gasteiger partial charge on any atom is -0.406 e. The molecule has 3 aromatic rings. The van der Waals surface area contributed by atoms with Crippen molar-refractivity contribution in [3.8, 4) is 27.6 Å². The van der Waals surface area contributed by atoms with Gasteiger partial charge in [-0.25, -0.2) is 4.98 Å². The van der Waals surface area contributed by atoms with E-state index in [1.54, 1.807) is 12.1 Å². The SMILES string of the molecule is FC(F)(F)Oc1ccc(-c2csc(-c3cnccc3C3CCCC3)n2)cc1.